The van der Waals surface area contributed by atoms with E-state index in [1.807, 2.05) is 6.07 Å². The SMILES string of the molecule is CC(CO)N(C)C(=O)NCCc1cccc(O)c1. The van der Waals surface area contributed by atoms with Crippen molar-refractivity contribution < 1.29 is 15.0 Å². The molecule has 0 heterocycles. The summed E-state index contributed by atoms with van der Waals surface area (Å²) >= 11 is 0. The third-order valence-electron chi connectivity index (χ3n) is 2.85. The number of carbonyl (C=O) groups excluding carboxylic acids is 1. The fourth-order valence-corrected chi connectivity index (χ4v) is 1.47. The molecule has 0 aliphatic carbocycles. The molecule has 1 aromatic rings. The molecule has 0 saturated carbocycles. The molecule has 100 valence electrons. The highest BCUT2D eigenvalue weighted by atomic mass is 16.3. The fraction of sp³-hybridized carbons (Fsp3) is 0.462. The molecule has 0 aliphatic heterocycles. The van der Waals surface area contributed by atoms with Crippen molar-refractivity contribution in [1.29, 1.82) is 0 Å². The van der Waals surface area contributed by atoms with Gasteiger partial charge in [0.25, 0.3) is 0 Å². The molecule has 18 heavy (non-hydrogen) atoms. The highest BCUT2D eigenvalue weighted by Crippen LogP contribution is 2.10. The van der Waals surface area contributed by atoms with Crippen LogP contribution >= 0.6 is 0 Å². The van der Waals surface area contributed by atoms with Crippen molar-refractivity contribution in [2.45, 2.75) is 19.4 Å². The molecule has 5 nitrogen and oxygen atoms in total. The van der Waals surface area contributed by atoms with E-state index in [0.717, 1.165) is 5.56 Å². The Kier molecular flexibility index (Phi) is 5.45. The van der Waals surface area contributed by atoms with Gasteiger partial charge in [-0.05, 0) is 31.0 Å². The summed E-state index contributed by atoms with van der Waals surface area (Å²) in [6.45, 7) is 2.20. The fourth-order valence-electron chi connectivity index (χ4n) is 1.47. The molecule has 0 saturated heterocycles. The maximum atomic E-state index is 11.7. The van der Waals surface area contributed by atoms with Gasteiger partial charge in [-0.3, -0.25) is 0 Å². The van der Waals surface area contributed by atoms with Crippen molar-refractivity contribution in [3.8, 4) is 5.75 Å². The van der Waals surface area contributed by atoms with Gasteiger partial charge in [-0.2, -0.15) is 0 Å². The van der Waals surface area contributed by atoms with E-state index in [-0.39, 0.29) is 24.4 Å². The number of benzene rings is 1. The van der Waals surface area contributed by atoms with Gasteiger partial charge in [0.1, 0.15) is 5.75 Å². The van der Waals surface area contributed by atoms with Gasteiger partial charge in [-0.1, -0.05) is 12.1 Å². The molecule has 2 amide bonds. The first-order valence-corrected chi connectivity index (χ1v) is 5.94. The number of aromatic hydroxyl groups is 1. The van der Waals surface area contributed by atoms with Gasteiger partial charge in [0.05, 0.1) is 12.6 Å². The molecule has 0 bridgehead atoms. The number of phenols is 1. The van der Waals surface area contributed by atoms with Crippen LogP contribution < -0.4 is 5.32 Å². The quantitative estimate of drug-likeness (QED) is 0.730. The average Bonchev–Trinajstić information content (AvgIpc) is 2.36. The summed E-state index contributed by atoms with van der Waals surface area (Å²) in [7, 11) is 1.64. The number of urea groups is 1. The first-order chi connectivity index (χ1) is 8.54. The molecule has 0 aliphatic rings. The van der Waals surface area contributed by atoms with E-state index < -0.39 is 0 Å². The highest BCUT2D eigenvalue weighted by molar-refractivity contribution is 5.74. The molecule has 1 atom stereocenters. The van der Waals surface area contributed by atoms with Crippen LogP contribution in [0.4, 0.5) is 4.79 Å². The molecule has 1 rings (SSSR count). The summed E-state index contributed by atoms with van der Waals surface area (Å²) in [6.07, 6.45) is 0.654. The zero-order valence-electron chi connectivity index (χ0n) is 10.8. The Hall–Kier alpha value is -1.75. The lowest BCUT2D eigenvalue weighted by atomic mass is 10.1. The smallest absolute Gasteiger partial charge is 0.317 e. The number of aliphatic hydroxyl groups is 1. The Morgan fingerprint density at radius 1 is 1.50 bits per heavy atom. The third-order valence-corrected chi connectivity index (χ3v) is 2.85. The van der Waals surface area contributed by atoms with Crippen LogP contribution in [0.5, 0.6) is 5.75 Å². The second kappa shape index (κ2) is 6.86. The Morgan fingerprint density at radius 2 is 2.22 bits per heavy atom. The van der Waals surface area contributed by atoms with Crippen LogP contribution in [-0.4, -0.2) is 47.4 Å². The lowest BCUT2D eigenvalue weighted by Crippen LogP contribution is -2.44. The third kappa shape index (κ3) is 4.25. The summed E-state index contributed by atoms with van der Waals surface area (Å²) in [5, 5.41) is 21.0. The van der Waals surface area contributed by atoms with Crippen molar-refractivity contribution in [3.05, 3.63) is 29.8 Å². The highest BCUT2D eigenvalue weighted by Gasteiger charge is 2.13. The summed E-state index contributed by atoms with van der Waals surface area (Å²) in [5.74, 6) is 0.227. The minimum atomic E-state index is -0.211. The van der Waals surface area contributed by atoms with Crippen LogP contribution in [0.1, 0.15) is 12.5 Å². The number of amides is 2. The molecule has 5 heteroatoms. The number of carbonyl (C=O) groups is 1. The molecule has 1 unspecified atom stereocenters. The number of nitrogens with one attached hydrogen (secondary N) is 1. The van der Waals surface area contributed by atoms with Gasteiger partial charge < -0.3 is 20.4 Å². The predicted octanol–water partition coefficient (Wildman–Crippen LogP) is 0.957. The minimum absolute atomic E-state index is 0.0590. The van der Waals surface area contributed by atoms with Gasteiger partial charge in [0, 0.05) is 13.6 Å². The van der Waals surface area contributed by atoms with Crippen LogP contribution in [0.2, 0.25) is 0 Å². The molecule has 3 N–H and O–H groups in total. The van der Waals surface area contributed by atoms with E-state index in [9.17, 15) is 9.90 Å². The van der Waals surface area contributed by atoms with E-state index >= 15 is 0 Å². The number of rotatable bonds is 5. The number of phenolic OH excluding ortho intramolecular Hbond substituents is 1. The van der Waals surface area contributed by atoms with E-state index in [2.05, 4.69) is 5.32 Å². The van der Waals surface area contributed by atoms with Crippen LogP contribution in [0.3, 0.4) is 0 Å². The molecule has 1 aromatic carbocycles. The lowest BCUT2D eigenvalue weighted by molar-refractivity contribution is 0.157. The maximum Gasteiger partial charge on any atom is 0.317 e. The topological polar surface area (TPSA) is 72.8 Å². The minimum Gasteiger partial charge on any atom is -0.508 e. The van der Waals surface area contributed by atoms with Crippen molar-refractivity contribution >= 4 is 6.03 Å². The standard InChI is InChI=1S/C13H20N2O3/c1-10(9-16)15(2)13(18)14-7-6-11-4-3-5-12(17)8-11/h3-5,8,10,16-17H,6-7,9H2,1-2H3,(H,14,18). The molecule has 0 spiro atoms. The predicted molar refractivity (Wildman–Crippen MR) is 69.5 cm³/mol. The van der Waals surface area contributed by atoms with Gasteiger partial charge in [-0.25, -0.2) is 4.79 Å². The number of aliphatic hydroxyl groups excluding tert-OH is 1. The summed E-state index contributed by atoms with van der Waals surface area (Å²) < 4.78 is 0. The van der Waals surface area contributed by atoms with E-state index in [4.69, 9.17) is 5.11 Å². The Morgan fingerprint density at radius 3 is 2.83 bits per heavy atom. The number of likely N-dealkylation sites (N-methyl/N-ethyl adjacent to an activating group) is 1. The van der Waals surface area contributed by atoms with Crippen LogP contribution in [0, 0.1) is 0 Å². The zero-order valence-corrected chi connectivity index (χ0v) is 10.8. The van der Waals surface area contributed by atoms with Crippen LogP contribution in [0.15, 0.2) is 24.3 Å². The number of hydrogen-bond donors (Lipinski definition) is 3. The second-order valence-electron chi connectivity index (χ2n) is 4.29. The Balaban J connectivity index is 2.36. The van der Waals surface area contributed by atoms with Crippen LogP contribution in [-0.2, 0) is 6.42 Å². The largest absolute Gasteiger partial charge is 0.508 e. The zero-order chi connectivity index (χ0) is 13.5. The summed E-state index contributed by atoms with van der Waals surface area (Å²) in [5.41, 5.74) is 0.966. The molecular formula is C13H20N2O3. The van der Waals surface area contributed by atoms with E-state index in [1.165, 1.54) is 4.90 Å². The van der Waals surface area contributed by atoms with Crippen molar-refractivity contribution in [3.63, 3.8) is 0 Å². The maximum absolute atomic E-state index is 11.7. The average molecular weight is 252 g/mol. The Bertz CT molecular complexity index is 396. The van der Waals surface area contributed by atoms with Gasteiger partial charge in [0.15, 0.2) is 0 Å². The van der Waals surface area contributed by atoms with Gasteiger partial charge >= 0.3 is 6.03 Å². The first kappa shape index (κ1) is 14.3. The van der Waals surface area contributed by atoms with Gasteiger partial charge in [0.2, 0.25) is 0 Å². The van der Waals surface area contributed by atoms with Crippen molar-refractivity contribution in [2.24, 2.45) is 0 Å². The Labute approximate surface area is 107 Å². The van der Waals surface area contributed by atoms with Crippen molar-refractivity contribution in [2.75, 3.05) is 20.2 Å². The summed E-state index contributed by atoms with van der Waals surface area (Å²) in [6, 6.07) is 6.53. The number of nitrogens with zero attached hydrogens (tertiary/aromatic N) is 1. The molecule has 0 fully saturated rings. The van der Waals surface area contributed by atoms with Crippen molar-refractivity contribution in [1.82, 2.24) is 10.2 Å². The monoisotopic (exact) mass is 252 g/mol. The van der Waals surface area contributed by atoms with E-state index in [1.54, 1.807) is 32.2 Å². The first-order valence-electron chi connectivity index (χ1n) is 5.94. The van der Waals surface area contributed by atoms with Crippen LogP contribution in [0.25, 0.3) is 0 Å². The molecule has 0 radical (unpaired) electrons. The lowest BCUT2D eigenvalue weighted by Gasteiger charge is -2.23. The number of hydrogen-bond acceptors (Lipinski definition) is 3. The molecular weight excluding hydrogens is 232 g/mol. The summed E-state index contributed by atoms with van der Waals surface area (Å²) in [4.78, 5) is 13.1. The van der Waals surface area contributed by atoms with Gasteiger partial charge in [-0.15, -0.1) is 0 Å². The molecule has 0 aromatic heterocycles. The second-order valence-corrected chi connectivity index (χ2v) is 4.29. The van der Waals surface area contributed by atoms with E-state index in [0.29, 0.717) is 13.0 Å². The normalized spacial score (nSPS) is 11.9.